The van der Waals surface area contributed by atoms with Gasteiger partial charge >= 0.3 is 0 Å². The summed E-state index contributed by atoms with van der Waals surface area (Å²) in [7, 11) is 1.70. The molecular weight excluding hydrogens is 350 g/mol. The molecule has 1 saturated heterocycles. The number of rotatable bonds is 5. The Hall–Kier alpha value is -2.50. The lowest BCUT2D eigenvalue weighted by molar-refractivity contribution is 0.415. The normalized spacial score (nSPS) is 18.2. The Kier molecular flexibility index (Phi) is 5.84. The van der Waals surface area contributed by atoms with Gasteiger partial charge in [0.05, 0.1) is 7.11 Å². The highest BCUT2D eigenvalue weighted by atomic mass is 16.5. The molecule has 1 aromatic carbocycles. The Morgan fingerprint density at radius 1 is 0.929 bits per heavy atom. The van der Waals surface area contributed by atoms with Gasteiger partial charge in [0.1, 0.15) is 11.6 Å². The predicted molar refractivity (Wildman–Crippen MR) is 115 cm³/mol. The first kappa shape index (κ1) is 18.8. The molecule has 2 aromatic rings. The van der Waals surface area contributed by atoms with Gasteiger partial charge in [-0.15, -0.1) is 0 Å². The minimum atomic E-state index is 0.523. The van der Waals surface area contributed by atoms with Crippen LogP contribution in [0.2, 0.25) is 0 Å². The van der Waals surface area contributed by atoms with Crippen LogP contribution in [0.1, 0.15) is 37.8 Å². The van der Waals surface area contributed by atoms with E-state index < -0.39 is 0 Å². The molecule has 1 aliphatic carbocycles. The van der Waals surface area contributed by atoms with Crippen molar-refractivity contribution in [1.29, 1.82) is 0 Å². The highest BCUT2D eigenvalue weighted by Gasteiger charge is 2.20. The van der Waals surface area contributed by atoms with E-state index in [1.807, 2.05) is 12.1 Å². The summed E-state index contributed by atoms with van der Waals surface area (Å²) in [6.45, 7) is 5.96. The molecule has 6 heteroatoms. The summed E-state index contributed by atoms with van der Waals surface area (Å²) in [6.07, 6.45) is 6.43. The summed E-state index contributed by atoms with van der Waals surface area (Å²) in [6, 6.07) is 11.0. The van der Waals surface area contributed by atoms with Crippen molar-refractivity contribution in [3.63, 3.8) is 0 Å². The fraction of sp³-hybridized carbons (Fsp3) is 0.545. The number of nitrogens with zero attached hydrogens (tertiary/aromatic N) is 4. The molecule has 1 aromatic heterocycles. The monoisotopic (exact) mass is 381 g/mol. The predicted octanol–water partition coefficient (Wildman–Crippen LogP) is 3.86. The Labute approximate surface area is 167 Å². The van der Waals surface area contributed by atoms with Crippen molar-refractivity contribution in [2.75, 3.05) is 48.4 Å². The van der Waals surface area contributed by atoms with Gasteiger partial charge in [-0.2, -0.15) is 4.98 Å². The summed E-state index contributed by atoms with van der Waals surface area (Å²) in [5.74, 6) is 2.73. The molecule has 1 aliphatic heterocycles. The number of nitrogens with one attached hydrogen (secondary N) is 1. The average Bonchev–Trinajstić information content (AvgIpc) is 2.74. The van der Waals surface area contributed by atoms with Crippen molar-refractivity contribution in [2.24, 2.45) is 0 Å². The molecule has 0 bridgehead atoms. The van der Waals surface area contributed by atoms with Crippen LogP contribution in [0.3, 0.4) is 0 Å². The van der Waals surface area contributed by atoms with Crippen LogP contribution in [-0.4, -0.2) is 49.3 Å². The topological polar surface area (TPSA) is 53.5 Å². The van der Waals surface area contributed by atoms with Gasteiger partial charge in [-0.05, 0) is 44.0 Å². The summed E-state index contributed by atoms with van der Waals surface area (Å²) < 4.78 is 5.26. The van der Waals surface area contributed by atoms with E-state index in [2.05, 4.69) is 45.2 Å². The molecular formula is C22H31N5O. The molecule has 0 amide bonds. The summed E-state index contributed by atoms with van der Waals surface area (Å²) in [5.41, 5.74) is 2.28. The zero-order chi connectivity index (χ0) is 19.3. The van der Waals surface area contributed by atoms with E-state index in [0.29, 0.717) is 6.04 Å². The molecule has 1 N–H and O–H groups in total. The van der Waals surface area contributed by atoms with E-state index in [-0.39, 0.29) is 0 Å². The van der Waals surface area contributed by atoms with Gasteiger partial charge in [0.25, 0.3) is 0 Å². The Morgan fingerprint density at radius 2 is 1.61 bits per heavy atom. The second kappa shape index (κ2) is 8.67. The molecule has 28 heavy (non-hydrogen) atoms. The number of benzene rings is 1. The number of aryl methyl sites for hydroxylation is 1. The van der Waals surface area contributed by atoms with Gasteiger partial charge in [0.15, 0.2) is 0 Å². The zero-order valence-electron chi connectivity index (χ0n) is 17.0. The van der Waals surface area contributed by atoms with Gasteiger partial charge < -0.3 is 19.9 Å². The summed E-state index contributed by atoms with van der Waals surface area (Å²) >= 11 is 0. The number of hydrogen-bond donors (Lipinski definition) is 1. The second-order valence-corrected chi connectivity index (χ2v) is 7.84. The molecule has 2 heterocycles. The van der Waals surface area contributed by atoms with Crippen LogP contribution in [0.4, 0.5) is 17.5 Å². The van der Waals surface area contributed by atoms with Gasteiger partial charge in [0.2, 0.25) is 5.95 Å². The first-order chi connectivity index (χ1) is 13.7. The number of ether oxygens (including phenoxy) is 1. The van der Waals surface area contributed by atoms with Crippen molar-refractivity contribution >= 4 is 17.5 Å². The minimum absolute atomic E-state index is 0.523. The molecule has 2 aliphatic rings. The number of aromatic nitrogens is 2. The number of anilines is 3. The SMILES string of the molecule is COc1ccc(N2CCN(c3cc(C)nc(NC4CCCCC4)n3)CC2)cc1. The maximum absolute atomic E-state index is 5.26. The van der Waals surface area contributed by atoms with Crippen LogP contribution >= 0.6 is 0 Å². The van der Waals surface area contributed by atoms with Crippen molar-refractivity contribution < 1.29 is 4.74 Å². The van der Waals surface area contributed by atoms with Crippen molar-refractivity contribution in [2.45, 2.75) is 45.1 Å². The highest BCUT2D eigenvalue weighted by molar-refractivity contribution is 5.52. The van der Waals surface area contributed by atoms with Crippen molar-refractivity contribution in [3.05, 3.63) is 36.0 Å². The Balaban J connectivity index is 1.39. The highest BCUT2D eigenvalue weighted by Crippen LogP contribution is 2.24. The Morgan fingerprint density at radius 3 is 2.29 bits per heavy atom. The van der Waals surface area contributed by atoms with Crippen LogP contribution in [0.5, 0.6) is 5.75 Å². The molecule has 0 unspecified atom stereocenters. The van der Waals surface area contributed by atoms with E-state index in [4.69, 9.17) is 9.72 Å². The summed E-state index contributed by atoms with van der Waals surface area (Å²) in [4.78, 5) is 14.3. The molecule has 0 radical (unpaired) electrons. The lowest BCUT2D eigenvalue weighted by Gasteiger charge is -2.37. The lowest BCUT2D eigenvalue weighted by Crippen LogP contribution is -2.47. The molecule has 2 fully saturated rings. The quantitative estimate of drug-likeness (QED) is 0.849. The van der Waals surface area contributed by atoms with Gasteiger partial charge in [-0.25, -0.2) is 4.98 Å². The van der Waals surface area contributed by atoms with E-state index in [9.17, 15) is 0 Å². The zero-order valence-corrected chi connectivity index (χ0v) is 17.0. The molecule has 6 nitrogen and oxygen atoms in total. The molecule has 0 atom stereocenters. The standard InChI is InChI=1S/C22H31N5O/c1-17-16-21(25-22(23-17)24-18-6-4-3-5-7-18)27-14-12-26(13-15-27)19-8-10-20(28-2)11-9-19/h8-11,16,18H,3-7,12-15H2,1-2H3,(H,23,24,25). The maximum atomic E-state index is 5.26. The minimum Gasteiger partial charge on any atom is -0.497 e. The maximum Gasteiger partial charge on any atom is 0.225 e. The van der Waals surface area contributed by atoms with Crippen LogP contribution in [0.15, 0.2) is 30.3 Å². The largest absolute Gasteiger partial charge is 0.497 e. The first-order valence-electron chi connectivity index (χ1n) is 10.5. The molecule has 150 valence electrons. The third-order valence-corrected chi connectivity index (χ3v) is 5.82. The van der Waals surface area contributed by atoms with Gasteiger partial charge in [0, 0.05) is 49.7 Å². The van der Waals surface area contributed by atoms with E-state index >= 15 is 0 Å². The van der Waals surface area contributed by atoms with E-state index in [0.717, 1.165) is 49.4 Å². The molecule has 0 spiro atoms. The van der Waals surface area contributed by atoms with Crippen molar-refractivity contribution in [3.8, 4) is 5.75 Å². The van der Waals surface area contributed by atoms with Crippen LogP contribution in [0, 0.1) is 6.92 Å². The fourth-order valence-corrected chi connectivity index (χ4v) is 4.19. The number of hydrogen-bond acceptors (Lipinski definition) is 6. The number of methoxy groups -OCH3 is 1. The Bertz CT molecular complexity index is 765. The second-order valence-electron chi connectivity index (χ2n) is 7.84. The first-order valence-corrected chi connectivity index (χ1v) is 10.5. The van der Waals surface area contributed by atoms with Crippen LogP contribution < -0.4 is 19.9 Å². The third-order valence-electron chi connectivity index (χ3n) is 5.82. The van der Waals surface area contributed by atoms with Gasteiger partial charge in [-0.1, -0.05) is 19.3 Å². The van der Waals surface area contributed by atoms with Crippen LogP contribution in [-0.2, 0) is 0 Å². The van der Waals surface area contributed by atoms with Gasteiger partial charge in [-0.3, -0.25) is 0 Å². The van der Waals surface area contributed by atoms with Crippen molar-refractivity contribution in [1.82, 2.24) is 9.97 Å². The van der Waals surface area contributed by atoms with E-state index in [1.54, 1.807) is 7.11 Å². The van der Waals surface area contributed by atoms with Crippen LogP contribution in [0.25, 0.3) is 0 Å². The summed E-state index contributed by atoms with van der Waals surface area (Å²) in [5, 5.41) is 3.58. The van der Waals surface area contributed by atoms with E-state index in [1.165, 1.54) is 37.8 Å². The average molecular weight is 382 g/mol. The number of piperazine rings is 1. The fourth-order valence-electron chi connectivity index (χ4n) is 4.19. The molecule has 4 rings (SSSR count). The molecule has 1 saturated carbocycles. The lowest BCUT2D eigenvalue weighted by atomic mass is 9.96. The smallest absolute Gasteiger partial charge is 0.225 e. The third kappa shape index (κ3) is 4.49.